The lowest BCUT2D eigenvalue weighted by Gasteiger charge is -2.28. The molecule has 3 heteroatoms. The predicted octanol–water partition coefficient (Wildman–Crippen LogP) is 2.76. The molecular formula is C16H20O3. The molecule has 0 bridgehead atoms. The first kappa shape index (κ1) is 15.3. The minimum absolute atomic E-state index is 0.0000586. The van der Waals surface area contributed by atoms with Crippen molar-refractivity contribution in [3.8, 4) is 0 Å². The summed E-state index contributed by atoms with van der Waals surface area (Å²) in [5, 5.41) is 0. The van der Waals surface area contributed by atoms with Gasteiger partial charge in [-0.25, -0.2) is 0 Å². The summed E-state index contributed by atoms with van der Waals surface area (Å²) < 4.78 is 0. The highest BCUT2D eigenvalue weighted by molar-refractivity contribution is 6.05. The van der Waals surface area contributed by atoms with E-state index in [9.17, 15) is 14.4 Å². The van der Waals surface area contributed by atoms with Gasteiger partial charge in [-0.15, -0.1) is 0 Å². The standard InChI is InChI=1S/C16H20O3/c1-12(17)9-10-16(13(2)18,14(3)19)11-15-7-5-4-6-8-15/h4-8H,9-11H2,1-3H3. The van der Waals surface area contributed by atoms with Crippen molar-refractivity contribution < 1.29 is 14.4 Å². The molecule has 0 N–H and O–H groups in total. The first-order valence-corrected chi connectivity index (χ1v) is 6.44. The third-order valence-electron chi connectivity index (χ3n) is 3.60. The van der Waals surface area contributed by atoms with Crippen molar-refractivity contribution >= 4 is 17.3 Å². The van der Waals surface area contributed by atoms with Gasteiger partial charge in [0.15, 0.2) is 0 Å². The molecule has 102 valence electrons. The Labute approximate surface area is 114 Å². The van der Waals surface area contributed by atoms with E-state index in [1.54, 1.807) is 0 Å². The molecule has 1 aromatic carbocycles. The number of benzene rings is 1. The molecule has 0 aromatic heterocycles. The van der Waals surface area contributed by atoms with E-state index < -0.39 is 5.41 Å². The first-order valence-electron chi connectivity index (χ1n) is 6.44. The van der Waals surface area contributed by atoms with Crippen molar-refractivity contribution in [2.75, 3.05) is 0 Å². The topological polar surface area (TPSA) is 51.2 Å². The van der Waals surface area contributed by atoms with Crippen molar-refractivity contribution in [1.29, 1.82) is 0 Å². The zero-order valence-electron chi connectivity index (χ0n) is 11.7. The maximum Gasteiger partial charge on any atom is 0.143 e. The second-order valence-electron chi connectivity index (χ2n) is 5.06. The summed E-state index contributed by atoms with van der Waals surface area (Å²) in [5.41, 5.74) is -0.121. The normalized spacial score (nSPS) is 11.1. The zero-order valence-corrected chi connectivity index (χ0v) is 11.7. The quantitative estimate of drug-likeness (QED) is 0.708. The number of Topliss-reactive ketones (excluding diaryl/α,β-unsaturated/α-hetero) is 3. The van der Waals surface area contributed by atoms with Gasteiger partial charge in [0.2, 0.25) is 0 Å². The van der Waals surface area contributed by atoms with Crippen LogP contribution in [0.2, 0.25) is 0 Å². The summed E-state index contributed by atoms with van der Waals surface area (Å²) in [7, 11) is 0. The third-order valence-corrected chi connectivity index (χ3v) is 3.60. The van der Waals surface area contributed by atoms with Crippen LogP contribution in [0.5, 0.6) is 0 Å². The smallest absolute Gasteiger partial charge is 0.143 e. The number of carbonyl (C=O) groups is 3. The van der Waals surface area contributed by atoms with Crippen molar-refractivity contribution in [1.82, 2.24) is 0 Å². The second kappa shape index (κ2) is 6.41. The van der Waals surface area contributed by atoms with Crippen molar-refractivity contribution in [2.24, 2.45) is 5.41 Å². The second-order valence-corrected chi connectivity index (χ2v) is 5.06. The van der Waals surface area contributed by atoms with E-state index in [1.807, 2.05) is 30.3 Å². The van der Waals surface area contributed by atoms with Gasteiger partial charge in [0, 0.05) is 6.42 Å². The molecular weight excluding hydrogens is 240 g/mol. The summed E-state index contributed by atoms with van der Waals surface area (Å²) in [6.07, 6.45) is 0.916. The van der Waals surface area contributed by atoms with E-state index in [-0.39, 0.29) is 23.8 Å². The Morgan fingerprint density at radius 2 is 1.47 bits per heavy atom. The van der Waals surface area contributed by atoms with Crippen LogP contribution >= 0.6 is 0 Å². The molecule has 0 amide bonds. The fraction of sp³-hybridized carbons (Fsp3) is 0.438. The summed E-state index contributed by atoms with van der Waals surface area (Å²) in [5.74, 6) is -0.324. The first-order chi connectivity index (χ1) is 8.88. The molecule has 3 nitrogen and oxygen atoms in total. The largest absolute Gasteiger partial charge is 0.300 e. The van der Waals surface area contributed by atoms with Crippen LogP contribution in [0.3, 0.4) is 0 Å². The number of ketones is 3. The SMILES string of the molecule is CC(=O)CCC(Cc1ccccc1)(C(C)=O)C(C)=O. The van der Waals surface area contributed by atoms with Gasteiger partial charge in [-0.1, -0.05) is 30.3 Å². The van der Waals surface area contributed by atoms with E-state index in [1.165, 1.54) is 20.8 Å². The van der Waals surface area contributed by atoms with Crippen molar-refractivity contribution in [3.05, 3.63) is 35.9 Å². The fourth-order valence-corrected chi connectivity index (χ4v) is 2.27. The van der Waals surface area contributed by atoms with Crippen molar-refractivity contribution in [2.45, 2.75) is 40.0 Å². The maximum absolute atomic E-state index is 12.0. The van der Waals surface area contributed by atoms with Crippen LogP contribution in [0, 0.1) is 5.41 Å². The van der Waals surface area contributed by atoms with Gasteiger partial charge < -0.3 is 4.79 Å². The predicted molar refractivity (Wildman–Crippen MR) is 73.9 cm³/mol. The summed E-state index contributed by atoms with van der Waals surface area (Å²) in [6.45, 7) is 4.35. The molecule has 0 fully saturated rings. The third kappa shape index (κ3) is 3.85. The minimum Gasteiger partial charge on any atom is -0.300 e. The van der Waals surface area contributed by atoms with Crippen LogP contribution < -0.4 is 0 Å². The molecule has 0 saturated heterocycles. The van der Waals surface area contributed by atoms with E-state index in [4.69, 9.17) is 0 Å². The Bertz CT molecular complexity index is 460. The molecule has 0 radical (unpaired) electrons. The molecule has 0 aliphatic heterocycles. The molecule has 0 spiro atoms. The van der Waals surface area contributed by atoms with Gasteiger partial charge in [-0.2, -0.15) is 0 Å². The summed E-state index contributed by atoms with van der Waals surface area (Å²) >= 11 is 0. The van der Waals surface area contributed by atoms with Gasteiger partial charge in [0.25, 0.3) is 0 Å². The molecule has 0 aliphatic rings. The van der Waals surface area contributed by atoms with Crippen molar-refractivity contribution in [3.63, 3.8) is 0 Å². The molecule has 0 atom stereocenters. The Balaban J connectivity index is 3.06. The van der Waals surface area contributed by atoms with E-state index in [0.29, 0.717) is 12.8 Å². The molecule has 0 saturated carbocycles. The number of hydrogen-bond acceptors (Lipinski definition) is 3. The molecule has 0 aliphatic carbocycles. The van der Waals surface area contributed by atoms with Crippen LogP contribution in [0.25, 0.3) is 0 Å². The van der Waals surface area contributed by atoms with Crippen LogP contribution in [0.1, 0.15) is 39.2 Å². The Morgan fingerprint density at radius 3 is 1.89 bits per heavy atom. The van der Waals surface area contributed by atoms with Gasteiger partial charge in [0.05, 0.1) is 5.41 Å². The molecule has 0 heterocycles. The van der Waals surface area contributed by atoms with Gasteiger partial charge in [0.1, 0.15) is 17.3 Å². The van der Waals surface area contributed by atoms with Crippen LogP contribution in [-0.4, -0.2) is 17.3 Å². The average Bonchev–Trinajstić information content (AvgIpc) is 2.34. The summed E-state index contributed by atoms with van der Waals surface area (Å²) in [6, 6.07) is 9.45. The lowest BCUT2D eigenvalue weighted by atomic mass is 9.71. The Hall–Kier alpha value is -1.77. The monoisotopic (exact) mass is 260 g/mol. The Kier molecular flexibility index (Phi) is 5.16. The van der Waals surface area contributed by atoms with Gasteiger partial charge in [-0.3, -0.25) is 9.59 Å². The van der Waals surface area contributed by atoms with Crippen LogP contribution in [0.4, 0.5) is 0 Å². The van der Waals surface area contributed by atoms with Gasteiger partial charge >= 0.3 is 0 Å². The highest BCUT2D eigenvalue weighted by Crippen LogP contribution is 2.31. The maximum atomic E-state index is 12.0. The zero-order chi connectivity index (χ0) is 14.5. The fourth-order valence-electron chi connectivity index (χ4n) is 2.27. The van der Waals surface area contributed by atoms with E-state index in [2.05, 4.69) is 0 Å². The average molecular weight is 260 g/mol. The lowest BCUT2D eigenvalue weighted by Crippen LogP contribution is -2.39. The summed E-state index contributed by atoms with van der Waals surface area (Å²) in [4.78, 5) is 35.1. The van der Waals surface area contributed by atoms with Gasteiger partial charge in [-0.05, 0) is 39.2 Å². The van der Waals surface area contributed by atoms with Crippen LogP contribution in [0.15, 0.2) is 30.3 Å². The van der Waals surface area contributed by atoms with Crippen LogP contribution in [-0.2, 0) is 20.8 Å². The number of hydrogen-bond donors (Lipinski definition) is 0. The Morgan fingerprint density at radius 1 is 0.947 bits per heavy atom. The lowest BCUT2D eigenvalue weighted by molar-refractivity contribution is -0.139. The molecule has 1 aromatic rings. The minimum atomic E-state index is -1.06. The molecule has 1 rings (SSSR count). The highest BCUT2D eigenvalue weighted by Gasteiger charge is 2.40. The molecule has 19 heavy (non-hydrogen) atoms. The van der Waals surface area contributed by atoms with E-state index >= 15 is 0 Å². The number of rotatable bonds is 7. The number of carbonyl (C=O) groups excluding carboxylic acids is 3. The molecule has 0 unspecified atom stereocenters. The highest BCUT2D eigenvalue weighted by atomic mass is 16.2. The van der Waals surface area contributed by atoms with E-state index in [0.717, 1.165) is 5.56 Å².